The summed E-state index contributed by atoms with van der Waals surface area (Å²) < 4.78 is 5.90. The Bertz CT molecular complexity index is 1330. The molecule has 0 spiro atoms. The molecule has 0 amide bonds. The number of fused-ring (bicyclic) bond motifs is 3. The molecule has 0 radical (unpaired) electrons. The van der Waals surface area contributed by atoms with Gasteiger partial charge < -0.3 is 4.90 Å². The number of hydrogen-bond acceptors (Lipinski definition) is 3. The third-order valence-corrected chi connectivity index (χ3v) is 5.56. The summed E-state index contributed by atoms with van der Waals surface area (Å²) in [6.07, 6.45) is 1.70. The molecule has 148 valence electrons. The molecule has 6 nitrogen and oxygen atoms in total. The van der Waals surface area contributed by atoms with Crippen LogP contribution in [0.1, 0.15) is 11.1 Å². The Kier molecular flexibility index (Phi) is 5.17. The van der Waals surface area contributed by atoms with E-state index in [-0.39, 0.29) is 5.56 Å². The number of aromatic nitrogens is 4. The third kappa shape index (κ3) is 3.43. The van der Waals surface area contributed by atoms with Crippen LogP contribution >= 0.6 is 12.2 Å². The summed E-state index contributed by atoms with van der Waals surface area (Å²) in [7, 11) is 2.12. The number of benzene rings is 2. The van der Waals surface area contributed by atoms with Crippen molar-refractivity contribution in [1.29, 1.82) is 0 Å². The highest BCUT2D eigenvalue weighted by molar-refractivity contribution is 7.71. The van der Waals surface area contributed by atoms with Gasteiger partial charge in [0, 0.05) is 12.1 Å². The van der Waals surface area contributed by atoms with E-state index in [1.54, 1.807) is 10.6 Å². The number of nitrogens with zero attached hydrogens (tertiary/aromatic N) is 4. The molecule has 7 heteroatoms. The number of hydrogen-bond donors (Lipinski definition) is 1. The van der Waals surface area contributed by atoms with Gasteiger partial charge in [0.05, 0.1) is 18.0 Å². The van der Waals surface area contributed by atoms with Crippen molar-refractivity contribution in [3.8, 4) is 0 Å². The zero-order chi connectivity index (χ0) is 20.5. The Morgan fingerprint density at radius 2 is 1.90 bits per heavy atom. The number of nitrogens with one attached hydrogen (secondary N) is 1. The second-order valence-corrected chi connectivity index (χ2v) is 7.72. The van der Waals surface area contributed by atoms with Gasteiger partial charge in [-0.2, -0.15) is 4.68 Å². The lowest BCUT2D eigenvalue weighted by Crippen LogP contribution is -3.07. The molecule has 1 atom stereocenters. The summed E-state index contributed by atoms with van der Waals surface area (Å²) in [5, 5.41) is 5.34. The van der Waals surface area contributed by atoms with Crippen LogP contribution in [0.3, 0.4) is 0 Å². The zero-order valence-corrected chi connectivity index (χ0v) is 17.4. The molecule has 0 aliphatic rings. The minimum atomic E-state index is -0.0826. The summed E-state index contributed by atoms with van der Waals surface area (Å²) >= 11 is 5.76. The Labute approximate surface area is 173 Å². The van der Waals surface area contributed by atoms with Crippen LogP contribution in [0.5, 0.6) is 0 Å². The van der Waals surface area contributed by atoms with Crippen molar-refractivity contribution < 1.29 is 4.90 Å². The van der Waals surface area contributed by atoms with Crippen molar-refractivity contribution in [3.05, 3.63) is 87.4 Å². The minimum absolute atomic E-state index is 0.0826. The van der Waals surface area contributed by atoms with Gasteiger partial charge >= 0.3 is 0 Å². The number of para-hydroxylation sites is 1. The molecule has 0 saturated heterocycles. The summed E-state index contributed by atoms with van der Waals surface area (Å²) in [5.74, 6) is 0.544. The van der Waals surface area contributed by atoms with Gasteiger partial charge in [0.25, 0.3) is 5.56 Å². The fraction of sp³-hybridized carbons (Fsp3) is 0.227. The largest absolute Gasteiger partial charge is 0.315 e. The average molecular weight is 407 g/mol. The maximum Gasteiger partial charge on any atom is 0.263 e. The van der Waals surface area contributed by atoms with Gasteiger partial charge in [0.1, 0.15) is 6.54 Å². The highest BCUT2D eigenvalue weighted by atomic mass is 32.1. The molecule has 1 unspecified atom stereocenters. The second-order valence-electron chi connectivity index (χ2n) is 7.36. The standard InChI is InChI=1S/C22H23N5OS/c1-4-13-25-20(28)18-11-7-8-12-19(18)27-21(25)23-26(22(27)29)15-24(3)14-17-10-6-5-9-16(17)2/h4-12H,1,13-15H2,2-3H3/p+1. The summed E-state index contributed by atoms with van der Waals surface area (Å²) in [5.41, 5.74) is 3.27. The lowest BCUT2D eigenvalue weighted by Gasteiger charge is -2.15. The van der Waals surface area contributed by atoms with Crippen molar-refractivity contribution in [1.82, 2.24) is 18.7 Å². The van der Waals surface area contributed by atoms with E-state index in [2.05, 4.69) is 44.8 Å². The molecule has 0 fully saturated rings. The van der Waals surface area contributed by atoms with Crippen molar-refractivity contribution in [3.63, 3.8) is 0 Å². The Morgan fingerprint density at radius 1 is 1.17 bits per heavy atom. The van der Waals surface area contributed by atoms with Crippen molar-refractivity contribution in [2.75, 3.05) is 7.05 Å². The maximum absolute atomic E-state index is 13.0. The molecule has 2 heterocycles. The monoisotopic (exact) mass is 406 g/mol. The van der Waals surface area contributed by atoms with Gasteiger partial charge in [-0.15, -0.1) is 11.7 Å². The Balaban J connectivity index is 1.81. The molecule has 0 bridgehead atoms. The van der Waals surface area contributed by atoms with Gasteiger partial charge in [0.15, 0.2) is 6.67 Å². The van der Waals surface area contributed by atoms with Crippen LogP contribution in [0, 0.1) is 11.7 Å². The molecular formula is C22H24N5OS+. The third-order valence-electron chi connectivity index (χ3n) is 5.17. The Hall–Kier alpha value is -3.03. The highest BCUT2D eigenvalue weighted by Gasteiger charge is 2.17. The number of quaternary nitrogens is 1. The molecule has 2 aromatic carbocycles. The summed E-state index contributed by atoms with van der Waals surface area (Å²) in [6.45, 7) is 7.75. The normalized spacial score (nSPS) is 12.5. The van der Waals surface area contributed by atoms with E-state index >= 15 is 0 Å². The lowest BCUT2D eigenvalue weighted by atomic mass is 10.1. The maximum atomic E-state index is 13.0. The number of allylic oxidation sites excluding steroid dienone is 1. The number of rotatable bonds is 6. The Morgan fingerprint density at radius 3 is 2.66 bits per heavy atom. The predicted molar refractivity (Wildman–Crippen MR) is 118 cm³/mol. The quantitative estimate of drug-likeness (QED) is 0.395. The van der Waals surface area contributed by atoms with Crippen molar-refractivity contribution in [2.45, 2.75) is 26.7 Å². The molecular weight excluding hydrogens is 382 g/mol. The lowest BCUT2D eigenvalue weighted by molar-refractivity contribution is -0.917. The minimum Gasteiger partial charge on any atom is -0.315 e. The number of aryl methyl sites for hydroxylation is 1. The van der Waals surface area contributed by atoms with E-state index in [9.17, 15) is 4.79 Å². The summed E-state index contributed by atoms with van der Waals surface area (Å²) in [6, 6.07) is 15.9. The molecule has 4 aromatic rings. The van der Waals surface area contributed by atoms with Crippen LogP contribution in [0.15, 0.2) is 66.0 Å². The molecule has 1 N–H and O–H groups in total. The van der Waals surface area contributed by atoms with E-state index in [0.29, 0.717) is 29.1 Å². The molecule has 2 aromatic heterocycles. The van der Waals surface area contributed by atoms with E-state index in [4.69, 9.17) is 17.3 Å². The van der Waals surface area contributed by atoms with Gasteiger partial charge in [-0.25, -0.2) is 0 Å². The molecule has 4 rings (SSSR count). The predicted octanol–water partition coefficient (Wildman–Crippen LogP) is 2.35. The molecule has 0 aliphatic carbocycles. The fourth-order valence-electron chi connectivity index (χ4n) is 3.71. The van der Waals surface area contributed by atoms with Crippen molar-refractivity contribution in [2.24, 2.45) is 0 Å². The zero-order valence-electron chi connectivity index (χ0n) is 16.6. The SMILES string of the molecule is C=CCn1c(=O)c2ccccc2n2c(=S)n(C[NH+](C)Cc3ccccc3C)nc12. The van der Waals surface area contributed by atoms with E-state index in [1.807, 2.05) is 33.3 Å². The van der Waals surface area contributed by atoms with Crippen molar-refractivity contribution >= 4 is 28.9 Å². The van der Waals surface area contributed by atoms with Crippen LogP contribution in [-0.4, -0.2) is 25.8 Å². The first kappa shape index (κ1) is 19.3. The smallest absolute Gasteiger partial charge is 0.263 e. The first-order valence-electron chi connectivity index (χ1n) is 9.59. The topological polar surface area (TPSA) is 48.7 Å². The second kappa shape index (κ2) is 7.77. The van der Waals surface area contributed by atoms with Gasteiger partial charge in [-0.1, -0.05) is 42.5 Å². The van der Waals surface area contributed by atoms with Gasteiger partial charge in [-0.3, -0.25) is 13.8 Å². The van der Waals surface area contributed by atoms with Crippen LogP contribution in [0.2, 0.25) is 0 Å². The molecule has 29 heavy (non-hydrogen) atoms. The summed E-state index contributed by atoms with van der Waals surface area (Å²) in [4.78, 5) is 14.2. The van der Waals surface area contributed by atoms with E-state index in [1.165, 1.54) is 16.0 Å². The molecule has 0 aliphatic heterocycles. The first-order valence-corrected chi connectivity index (χ1v) is 10.00. The van der Waals surface area contributed by atoms with Gasteiger partial charge in [-0.05, 0) is 36.8 Å². The van der Waals surface area contributed by atoms with Crippen LogP contribution in [-0.2, 0) is 19.8 Å². The molecule has 0 saturated carbocycles. The fourth-order valence-corrected chi connectivity index (χ4v) is 3.99. The van der Waals surface area contributed by atoms with E-state index in [0.717, 1.165) is 12.1 Å². The van der Waals surface area contributed by atoms with Crippen LogP contribution < -0.4 is 10.5 Å². The van der Waals surface area contributed by atoms with Crippen LogP contribution in [0.25, 0.3) is 16.7 Å². The van der Waals surface area contributed by atoms with E-state index < -0.39 is 0 Å². The van der Waals surface area contributed by atoms with Crippen LogP contribution in [0.4, 0.5) is 0 Å². The highest BCUT2D eigenvalue weighted by Crippen LogP contribution is 2.14. The average Bonchev–Trinajstić information content (AvgIpc) is 3.03. The van der Waals surface area contributed by atoms with Gasteiger partial charge in [0.2, 0.25) is 10.5 Å². The first-order chi connectivity index (χ1) is 14.0.